The molecule has 0 unspecified atom stereocenters. The van der Waals surface area contributed by atoms with Gasteiger partial charge in [-0.25, -0.2) is 0 Å². The Morgan fingerprint density at radius 2 is 2.24 bits per heavy atom. The van der Waals surface area contributed by atoms with E-state index in [0.29, 0.717) is 17.9 Å². The molecule has 2 aromatic rings. The normalized spacial score (nSPS) is 14.1. The topological polar surface area (TPSA) is 58.4 Å². The number of carbonyl (C=O) groups excluding carboxylic acids is 1. The highest BCUT2D eigenvalue weighted by molar-refractivity contribution is 6.06. The summed E-state index contributed by atoms with van der Waals surface area (Å²) in [4.78, 5) is 14.5. The van der Waals surface area contributed by atoms with E-state index >= 15 is 0 Å². The third kappa shape index (κ3) is 2.28. The number of carbonyl (C=O) groups is 1. The summed E-state index contributed by atoms with van der Waals surface area (Å²) in [5.74, 6) is 0.0607. The van der Waals surface area contributed by atoms with E-state index in [1.165, 1.54) is 0 Å². The van der Waals surface area contributed by atoms with Crippen LogP contribution in [0.3, 0.4) is 0 Å². The number of hydrogen-bond acceptors (Lipinski definition) is 3. The maximum absolute atomic E-state index is 12.8. The van der Waals surface area contributed by atoms with E-state index in [-0.39, 0.29) is 11.7 Å². The molecule has 1 aliphatic rings. The number of aromatic hydroxyl groups is 1. The number of fused-ring (bicyclic) bond motifs is 1. The Kier molecular flexibility index (Phi) is 3.41. The first-order valence-corrected chi connectivity index (χ1v) is 7.27. The van der Waals surface area contributed by atoms with Gasteiger partial charge in [-0.2, -0.15) is 5.10 Å². The molecule has 0 bridgehead atoms. The van der Waals surface area contributed by atoms with Gasteiger partial charge in [0.2, 0.25) is 0 Å². The number of phenols is 1. The highest BCUT2D eigenvalue weighted by Crippen LogP contribution is 2.36. The van der Waals surface area contributed by atoms with Crippen molar-refractivity contribution >= 4 is 11.6 Å². The second-order valence-corrected chi connectivity index (χ2v) is 5.34. The zero-order valence-corrected chi connectivity index (χ0v) is 12.3. The molecule has 0 aliphatic carbocycles. The quantitative estimate of drug-likeness (QED) is 0.921. The van der Waals surface area contributed by atoms with Crippen LogP contribution in [0.1, 0.15) is 35.1 Å². The van der Waals surface area contributed by atoms with Crippen molar-refractivity contribution in [1.82, 2.24) is 9.78 Å². The number of phenolic OH excluding ortho intramolecular Hbond substituents is 1. The number of nitrogens with zero attached hydrogens (tertiary/aromatic N) is 3. The first-order chi connectivity index (χ1) is 10.1. The fraction of sp³-hybridized carbons (Fsp3) is 0.375. The van der Waals surface area contributed by atoms with E-state index < -0.39 is 0 Å². The lowest BCUT2D eigenvalue weighted by Gasteiger charge is -2.30. The molecule has 1 aromatic heterocycles. The Labute approximate surface area is 123 Å². The van der Waals surface area contributed by atoms with Gasteiger partial charge in [0.15, 0.2) is 0 Å². The minimum absolute atomic E-state index is 0.104. The van der Waals surface area contributed by atoms with Crippen LogP contribution >= 0.6 is 0 Å². The number of amides is 1. The van der Waals surface area contributed by atoms with Crippen molar-refractivity contribution < 1.29 is 9.90 Å². The average Bonchev–Trinajstić information content (AvgIpc) is 2.87. The summed E-state index contributed by atoms with van der Waals surface area (Å²) in [6.07, 6.45) is 2.59. The van der Waals surface area contributed by atoms with Gasteiger partial charge in [0.1, 0.15) is 11.4 Å². The lowest BCUT2D eigenvalue weighted by atomic mass is 10.0. The van der Waals surface area contributed by atoms with Gasteiger partial charge in [-0.15, -0.1) is 0 Å². The van der Waals surface area contributed by atoms with Crippen molar-refractivity contribution in [2.24, 2.45) is 7.05 Å². The second kappa shape index (κ2) is 5.24. The zero-order chi connectivity index (χ0) is 15.0. The largest absolute Gasteiger partial charge is 0.506 e. The predicted octanol–water partition coefficient (Wildman–Crippen LogP) is 2.28. The van der Waals surface area contributed by atoms with Crippen LogP contribution in [0.2, 0.25) is 0 Å². The van der Waals surface area contributed by atoms with Gasteiger partial charge < -0.3 is 10.0 Å². The van der Waals surface area contributed by atoms with E-state index in [0.717, 1.165) is 30.5 Å². The van der Waals surface area contributed by atoms with Crippen molar-refractivity contribution in [1.29, 1.82) is 0 Å². The maximum atomic E-state index is 12.8. The Bertz CT molecular complexity index is 691. The first kappa shape index (κ1) is 13.7. The van der Waals surface area contributed by atoms with Crippen LogP contribution in [0.5, 0.6) is 5.75 Å². The Balaban J connectivity index is 2.02. The SMILES string of the molecule is CCc1cc(C(=O)N2CCCc3cccc(O)c32)n(C)n1. The van der Waals surface area contributed by atoms with Gasteiger partial charge in [0.25, 0.3) is 5.91 Å². The van der Waals surface area contributed by atoms with Crippen LogP contribution in [-0.4, -0.2) is 27.3 Å². The summed E-state index contributed by atoms with van der Waals surface area (Å²) in [5, 5.41) is 14.5. The number of aromatic nitrogens is 2. The molecule has 5 nitrogen and oxygen atoms in total. The van der Waals surface area contributed by atoms with Crippen molar-refractivity contribution in [2.75, 3.05) is 11.4 Å². The van der Waals surface area contributed by atoms with Gasteiger partial charge in [-0.1, -0.05) is 19.1 Å². The molecular weight excluding hydrogens is 266 g/mol. The fourth-order valence-corrected chi connectivity index (χ4v) is 2.87. The highest BCUT2D eigenvalue weighted by atomic mass is 16.3. The molecule has 0 saturated carbocycles. The van der Waals surface area contributed by atoms with E-state index in [1.807, 2.05) is 25.1 Å². The molecule has 0 fully saturated rings. The molecule has 1 N–H and O–H groups in total. The average molecular weight is 285 g/mol. The van der Waals surface area contributed by atoms with Crippen molar-refractivity contribution in [2.45, 2.75) is 26.2 Å². The predicted molar refractivity (Wildman–Crippen MR) is 80.7 cm³/mol. The van der Waals surface area contributed by atoms with Gasteiger partial charge in [-0.05, 0) is 37.0 Å². The summed E-state index contributed by atoms with van der Waals surface area (Å²) in [6.45, 7) is 2.63. The number of hydrogen-bond donors (Lipinski definition) is 1. The van der Waals surface area contributed by atoms with Gasteiger partial charge in [-0.3, -0.25) is 9.48 Å². The minimum Gasteiger partial charge on any atom is -0.506 e. The summed E-state index contributed by atoms with van der Waals surface area (Å²) in [7, 11) is 1.78. The van der Waals surface area contributed by atoms with E-state index in [1.54, 1.807) is 22.7 Å². The lowest BCUT2D eigenvalue weighted by Crippen LogP contribution is -2.36. The monoisotopic (exact) mass is 285 g/mol. The molecule has 0 atom stereocenters. The van der Waals surface area contributed by atoms with E-state index in [4.69, 9.17) is 0 Å². The molecular formula is C16H19N3O2. The van der Waals surface area contributed by atoms with Gasteiger partial charge in [0, 0.05) is 13.6 Å². The first-order valence-electron chi connectivity index (χ1n) is 7.27. The second-order valence-electron chi connectivity index (χ2n) is 5.34. The molecule has 2 heterocycles. The third-order valence-corrected chi connectivity index (χ3v) is 3.95. The number of anilines is 1. The highest BCUT2D eigenvalue weighted by Gasteiger charge is 2.28. The summed E-state index contributed by atoms with van der Waals surface area (Å²) >= 11 is 0. The van der Waals surface area contributed by atoms with Crippen LogP contribution in [0, 0.1) is 0 Å². The Morgan fingerprint density at radius 1 is 1.43 bits per heavy atom. The number of rotatable bonds is 2. The third-order valence-electron chi connectivity index (χ3n) is 3.95. The smallest absolute Gasteiger partial charge is 0.276 e. The molecule has 1 amide bonds. The molecule has 1 aliphatic heterocycles. The van der Waals surface area contributed by atoms with Crippen LogP contribution in [-0.2, 0) is 19.9 Å². The molecule has 3 rings (SSSR count). The summed E-state index contributed by atoms with van der Waals surface area (Å²) < 4.78 is 1.62. The molecule has 0 spiro atoms. The van der Waals surface area contributed by atoms with Crippen molar-refractivity contribution in [3.05, 3.63) is 41.2 Å². The summed E-state index contributed by atoms with van der Waals surface area (Å²) in [5.41, 5.74) is 3.12. The fourth-order valence-electron chi connectivity index (χ4n) is 2.87. The number of para-hydroxylation sites is 1. The lowest BCUT2D eigenvalue weighted by molar-refractivity contribution is 0.0975. The molecule has 21 heavy (non-hydrogen) atoms. The van der Waals surface area contributed by atoms with Crippen LogP contribution in [0.15, 0.2) is 24.3 Å². The standard InChI is InChI=1S/C16H19N3O2/c1-3-12-10-13(18(2)17-12)16(21)19-9-5-7-11-6-4-8-14(20)15(11)19/h4,6,8,10,20H,3,5,7,9H2,1-2H3. The molecule has 110 valence electrons. The minimum atomic E-state index is -0.104. The molecule has 5 heteroatoms. The zero-order valence-electron chi connectivity index (χ0n) is 12.3. The van der Waals surface area contributed by atoms with Crippen molar-refractivity contribution in [3.8, 4) is 5.75 Å². The van der Waals surface area contributed by atoms with Crippen molar-refractivity contribution in [3.63, 3.8) is 0 Å². The maximum Gasteiger partial charge on any atom is 0.276 e. The van der Waals surface area contributed by atoms with E-state index in [2.05, 4.69) is 5.10 Å². The number of benzene rings is 1. The van der Waals surface area contributed by atoms with Crippen LogP contribution < -0.4 is 4.90 Å². The Hall–Kier alpha value is -2.30. The Morgan fingerprint density at radius 3 is 2.95 bits per heavy atom. The van der Waals surface area contributed by atoms with Crippen LogP contribution in [0.25, 0.3) is 0 Å². The number of aryl methyl sites for hydroxylation is 3. The van der Waals surface area contributed by atoms with E-state index in [9.17, 15) is 9.90 Å². The molecule has 0 saturated heterocycles. The van der Waals surface area contributed by atoms with Gasteiger partial charge >= 0.3 is 0 Å². The summed E-state index contributed by atoms with van der Waals surface area (Å²) in [6, 6.07) is 7.25. The molecule has 0 radical (unpaired) electrons. The molecule has 1 aromatic carbocycles. The van der Waals surface area contributed by atoms with Crippen LogP contribution in [0.4, 0.5) is 5.69 Å². The van der Waals surface area contributed by atoms with Gasteiger partial charge in [0.05, 0.1) is 11.4 Å².